The third-order valence-electron chi connectivity index (χ3n) is 5.75. The van der Waals surface area contributed by atoms with E-state index in [1.807, 2.05) is 45.0 Å². The Morgan fingerprint density at radius 3 is 2.24 bits per heavy atom. The minimum atomic E-state index is -0.519. The van der Waals surface area contributed by atoms with Crippen LogP contribution in [0.5, 0.6) is 5.75 Å². The molecule has 33 heavy (non-hydrogen) atoms. The highest BCUT2D eigenvalue weighted by Gasteiger charge is 2.28. The van der Waals surface area contributed by atoms with Crippen molar-refractivity contribution in [2.45, 2.75) is 84.8 Å². The monoisotopic (exact) mass is 452 g/mol. The lowest BCUT2D eigenvalue weighted by Gasteiger charge is -2.31. The molecule has 180 valence electrons. The lowest BCUT2D eigenvalue weighted by Crippen LogP contribution is -2.50. The third-order valence-corrected chi connectivity index (χ3v) is 5.75. The summed E-state index contributed by atoms with van der Waals surface area (Å²) in [7, 11) is 1.62. The molecule has 2 rings (SSSR count). The minimum Gasteiger partial charge on any atom is -0.497 e. The molecule has 5 nitrogen and oxygen atoms in total. The van der Waals surface area contributed by atoms with E-state index in [1.165, 1.54) is 5.56 Å². The van der Waals surface area contributed by atoms with Crippen molar-refractivity contribution in [3.8, 4) is 5.75 Å². The number of amides is 2. The van der Waals surface area contributed by atoms with Crippen molar-refractivity contribution in [3.05, 3.63) is 65.2 Å². The summed E-state index contributed by atoms with van der Waals surface area (Å²) in [6, 6.07) is 15.6. The van der Waals surface area contributed by atoms with Crippen LogP contribution in [0.3, 0.4) is 0 Å². The number of nitrogens with one attached hydrogen (secondary N) is 1. The SMILES string of the molecule is CCC(C(=O)NC(C)C)N(Cc1cccc(OC)c1)C(=O)CCc1ccc(C(C)(C)C)cc1. The van der Waals surface area contributed by atoms with Gasteiger partial charge in [-0.25, -0.2) is 0 Å². The highest BCUT2D eigenvalue weighted by atomic mass is 16.5. The zero-order valence-corrected chi connectivity index (χ0v) is 21.3. The number of benzene rings is 2. The molecular weight excluding hydrogens is 412 g/mol. The fourth-order valence-electron chi connectivity index (χ4n) is 3.83. The zero-order valence-electron chi connectivity index (χ0n) is 21.3. The van der Waals surface area contributed by atoms with E-state index in [4.69, 9.17) is 4.74 Å². The number of rotatable bonds is 10. The van der Waals surface area contributed by atoms with Crippen molar-refractivity contribution >= 4 is 11.8 Å². The minimum absolute atomic E-state index is 0.0154. The van der Waals surface area contributed by atoms with Crippen LogP contribution >= 0.6 is 0 Å². The number of ether oxygens (including phenoxy) is 1. The first kappa shape index (κ1) is 26.4. The summed E-state index contributed by atoms with van der Waals surface area (Å²) < 4.78 is 5.34. The van der Waals surface area contributed by atoms with Crippen molar-refractivity contribution in [1.82, 2.24) is 10.2 Å². The van der Waals surface area contributed by atoms with Crippen LogP contribution in [0.2, 0.25) is 0 Å². The smallest absolute Gasteiger partial charge is 0.243 e. The summed E-state index contributed by atoms with van der Waals surface area (Å²) in [5.41, 5.74) is 3.43. The molecule has 1 unspecified atom stereocenters. The molecule has 2 aromatic carbocycles. The van der Waals surface area contributed by atoms with E-state index < -0.39 is 6.04 Å². The normalized spacial score (nSPS) is 12.4. The van der Waals surface area contributed by atoms with Crippen LogP contribution in [-0.2, 0) is 28.0 Å². The second-order valence-electron chi connectivity index (χ2n) is 9.91. The lowest BCUT2D eigenvalue weighted by atomic mass is 9.86. The number of carbonyl (C=O) groups excluding carboxylic acids is 2. The van der Waals surface area contributed by atoms with Gasteiger partial charge in [0.25, 0.3) is 0 Å². The molecule has 2 amide bonds. The van der Waals surface area contributed by atoms with E-state index >= 15 is 0 Å². The van der Waals surface area contributed by atoms with Gasteiger partial charge in [-0.1, -0.05) is 64.1 Å². The van der Waals surface area contributed by atoms with Gasteiger partial charge < -0.3 is 15.0 Å². The van der Waals surface area contributed by atoms with Gasteiger partial charge in [0.15, 0.2) is 0 Å². The van der Waals surface area contributed by atoms with Gasteiger partial charge in [0.2, 0.25) is 11.8 Å². The van der Waals surface area contributed by atoms with Crippen LogP contribution in [0, 0.1) is 0 Å². The molecule has 0 aliphatic heterocycles. The van der Waals surface area contributed by atoms with Gasteiger partial charge in [-0.3, -0.25) is 9.59 Å². The molecule has 5 heteroatoms. The maximum Gasteiger partial charge on any atom is 0.243 e. The molecule has 0 aromatic heterocycles. The first-order chi connectivity index (χ1) is 15.5. The Hall–Kier alpha value is -2.82. The molecule has 0 bridgehead atoms. The van der Waals surface area contributed by atoms with Gasteiger partial charge in [0.05, 0.1) is 7.11 Å². The molecule has 0 aliphatic carbocycles. The Bertz CT molecular complexity index is 913. The molecule has 0 spiro atoms. The van der Waals surface area contributed by atoms with E-state index in [0.717, 1.165) is 16.9 Å². The summed E-state index contributed by atoms with van der Waals surface area (Å²) in [6.07, 6.45) is 1.54. The van der Waals surface area contributed by atoms with Crippen LogP contribution in [-0.4, -0.2) is 35.9 Å². The van der Waals surface area contributed by atoms with Crippen LogP contribution < -0.4 is 10.1 Å². The largest absolute Gasteiger partial charge is 0.497 e. The maximum absolute atomic E-state index is 13.4. The molecule has 0 saturated heterocycles. The Balaban J connectivity index is 2.21. The van der Waals surface area contributed by atoms with Gasteiger partial charge in [0.1, 0.15) is 11.8 Å². The molecule has 0 fully saturated rings. The third kappa shape index (κ3) is 7.92. The van der Waals surface area contributed by atoms with Crippen molar-refractivity contribution in [2.75, 3.05) is 7.11 Å². The number of hydrogen-bond donors (Lipinski definition) is 1. The number of nitrogens with zero attached hydrogens (tertiary/aromatic N) is 1. The number of methoxy groups -OCH3 is 1. The molecule has 0 aliphatic rings. The van der Waals surface area contributed by atoms with Crippen molar-refractivity contribution < 1.29 is 14.3 Å². The molecule has 2 aromatic rings. The molecular formula is C28H40N2O3. The summed E-state index contributed by atoms with van der Waals surface area (Å²) >= 11 is 0. The van der Waals surface area contributed by atoms with Crippen LogP contribution in [0.4, 0.5) is 0 Å². The second kappa shape index (κ2) is 11.9. The summed E-state index contributed by atoms with van der Waals surface area (Å²) in [6.45, 7) is 12.7. The summed E-state index contributed by atoms with van der Waals surface area (Å²) in [5.74, 6) is 0.597. The average molecular weight is 453 g/mol. The fraction of sp³-hybridized carbons (Fsp3) is 0.500. The first-order valence-electron chi connectivity index (χ1n) is 11.9. The highest BCUT2D eigenvalue weighted by Crippen LogP contribution is 2.23. The topological polar surface area (TPSA) is 58.6 Å². The molecule has 1 N–H and O–H groups in total. The van der Waals surface area contributed by atoms with Crippen LogP contribution in [0.25, 0.3) is 0 Å². The van der Waals surface area contributed by atoms with Gasteiger partial charge in [-0.2, -0.15) is 0 Å². The molecule has 0 heterocycles. The predicted molar refractivity (Wildman–Crippen MR) is 134 cm³/mol. The second-order valence-corrected chi connectivity index (χ2v) is 9.91. The van der Waals surface area contributed by atoms with Crippen molar-refractivity contribution in [1.29, 1.82) is 0 Å². The van der Waals surface area contributed by atoms with E-state index in [1.54, 1.807) is 12.0 Å². The zero-order chi connectivity index (χ0) is 24.6. The predicted octanol–water partition coefficient (Wildman–Crippen LogP) is 5.26. The number of carbonyl (C=O) groups is 2. The Morgan fingerprint density at radius 2 is 1.70 bits per heavy atom. The number of aryl methyl sites for hydroxylation is 1. The van der Waals surface area contributed by atoms with E-state index in [0.29, 0.717) is 25.8 Å². The van der Waals surface area contributed by atoms with Crippen molar-refractivity contribution in [3.63, 3.8) is 0 Å². The molecule has 1 atom stereocenters. The van der Waals surface area contributed by atoms with E-state index in [2.05, 4.69) is 50.4 Å². The fourth-order valence-corrected chi connectivity index (χ4v) is 3.83. The standard InChI is InChI=1S/C28H40N2O3/c1-8-25(27(32)29-20(2)3)30(19-22-10-9-11-24(18-22)33-7)26(31)17-14-21-12-15-23(16-13-21)28(4,5)6/h9-13,15-16,18,20,25H,8,14,17,19H2,1-7H3,(H,29,32). The van der Waals surface area contributed by atoms with Crippen LogP contribution in [0.15, 0.2) is 48.5 Å². The number of hydrogen-bond acceptors (Lipinski definition) is 3. The van der Waals surface area contributed by atoms with E-state index in [-0.39, 0.29) is 23.3 Å². The van der Waals surface area contributed by atoms with Gasteiger partial charge in [-0.05, 0) is 60.9 Å². The van der Waals surface area contributed by atoms with Gasteiger partial charge in [0, 0.05) is 19.0 Å². The van der Waals surface area contributed by atoms with Crippen molar-refractivity contribution in [2.24, 2.45) is 0 Å². The highest BCUT2D eigenvalue weighted by molar-refractivity contribution is 5.87. The lowest BCUT2D eigenvalue weighted by molar-refractivity contribution is -0.141. The summed E-state index contributed by atoms with van der Waals surface area (Å²) in [4.78, 5) is 28.0. The summed E-state index contributed by atoms with van der Waals surface area (Å²) in [5, 5.41) is 2.97. The average Bonchev–Trinajstić information content (AvgIpc) is 2.76. The van der Waals surface area contributed by atoms with E-state index in [9.17, 15) is 9.59 Å². The van der Waals surface area contributed by atoms with Crippen LogP contribution in [0.1, 0.15) is 71.1 Å². The Kier molecular flexibility index (Phi) is 9.51. The first-order valence-corrected chi connectivity index (χ1v) is 11.9. The quantitative estimate of drug-likeness (QED) is 0.535. The molecule has 0 radical (unpaired) electrons. The molecule has 0 saturated carbocycles. The van der Waals surface area contributed by atoms with Gasteiger partial charge in [-0.15, -0.1) is 0 Å². The maximum atomic E-state index is 13.4. The van der Waals surface area contributed by atoms with Gasteiger partial charge >= 0.3 is 0 Å². The Labute approximate surface area is 199 Å². The Morgan fingerprint density at radius 1 is 1.03 bits per heavy atom.